The number of anilines is 1. The van der Waals surface area contributed by atoms with Crippen LogP contribution in [0, 0.1) is 0 Å². The average molecular weight is 335 g/mol. The minimum absolute atomic E-state index is 0.00832. The average Bonchev–Trinajstić information content (AvgIpc) is 2.60. The van der Waals surface area contributed by atoms with Crippen molar-refractivity contribution >= 4 is 17.5 Å². The van der Waals surface area contributed by atoms with E-state index in [0.717, 1.165) is 32.8 Å². The number of carbonyl (C=O) groups excluding carboxylic acids is 2. The Morgan fingerprint density at radius 1 is 1.33 bits per heavy atom. The second-order valence-electron chi connectivity index (χ2n) is 5.61. The highest BCUT2D eigenvalue weighted by Gasteiger charge is 2.16. The third-order valence-electron chi connectivity index (χ3n) is 3.90. The number of amides is 2. The molecule has 7 heteroatoms. The van der Waals surface area contributed by atoms with Gasteiger partial charge < -0.3 is 19.7 Å². The molecule has 1 aromatic rings. The second-order valence-corrected chi connectivity index (χ2v) is 5.61. The van der Waals surface area contributed by atoms with Crippen molar-refractivity contribution in [2.45, 2.75) is 6.92 Å². The summed E-state index contributed by atoms with van der Waals surface area (Å²) in [7, 11) is 1.57. The number of nitrogens with one attached hydrogen (secondary N) is 1. The van der Waals surface area contributed by atoms with Crippen LogP contribution in [0.5, 0.6) is 5.75 Å². The first-order chi connectivity index (χ1) is 11.6. The Morgan fingerprint density at radius 2 is 2.08 bits per heavy atom. The van der Waals surface area contributed by atoms with Crippen LogP contribution in [0.25, 0.3) is 0 Å². The molecule has 7 nitrogen and oxygen atoms in total. The molecule has 0 aromatic heterocycles. The second kappa shape index (κ2) is 9.24. The molecule has 0 bridgehead atoms. The van der Waals surface area contributed by atoms with Crippen molar-refractivity contribution in [3.05, 3.63) is 24.3 Å². The van der Waals surface area contributed by atoms with Gasteiger partial charge in [-0.3, -0.25) is 14.5 Å². The van der Waals surface area contributed by atoms with Crippen molar-refractivity contribution in [1.29, 1.82) is 0 Å². The van der Waals surface area contributed by atoms with Gasteiger partial charge in [-0.25, -0.2) is 0 Å². The third kappa shape index (κ3) is 5.50. The molecule has 132 valence electrons. The zero-order valence-electron chi connectivity index (χ0n) is 14.3. The Bertz CT molecular complexity index is 559. The van der Waals surface area contributed by atoms with Crippen molar-refractivity contribution in [3.63, 3.8) is 0 Å². The fourth-order valence-corrected chi connectivity index (χ4v) is 2.54. The number of morpholine rings is 1. The Labute approximate surface area is 142 Å². The standard InChI is InChI=1S/C17H25N3O4/c1-14(21)20(15-4-3-5-16(12-15)23-2)13-17(22)18-6-7-19-8-10-24-11-9-19/h3-5,12H,6-11,13H2,1-2H3,(H,18,22). The predicted molar refractivity (Wildman–Crippen MR) is 91.3 cm³/mol. The summed E-state index contributed by atoms with van der Waals surface area (Å²) in [5, 5.41) is 2.87. The van der Waals surface area contributed by atoms with Gasteiger partial charge in [0.05, 0.1) is 20.3 Å². The first-order valence-electron chi connectivity index (χ1n) is 8.09. The number of benzene rings is 1. The minimum atomic E-state index is -0.188. The lowest BCUT2D eigenvalue weighted by molar-refractivity contribution is -0.123. The maximum atomic E-state index is 12.1. The lowest BCUT2D eigenvalue weighted by Gasteiger charge is -2.26. The van der Waals surface area contributed by atoms with Crippen molar-refractivity contribution in [1.82, 2.24) is 10.2 Å². The molecule has 1 saturated heterocycles. The van der Waals surface area contributed by atoms with Crippen LogP contribution in [0.2, 0.25) is 0 Å². The summed E-state index contributed by atoms with van der Waals surface area (Å²) in [5.41, 5.74) is 0.644. The highest BCUT2D eigenvalue weighted by Crippen LogP contribution is 2.20. The molecule has 0 saturated carbocycles. The van der Waals surface area contributed by atoms with E-state index in [1.807, 2.05) is 0 Å². The zero-order valence-corrected chi connectivity index (χ0v) is 14.3. The van der Waals surface area contributed by atoms with E-state index in [4.69, 9.17) is 9.47 Å². The molecule has 1 N–H and O–H groups in total. The molecule has 1 fully saturated rings. The monoisotopic (exact) mass is 335 g/mol. The largest absolute Gasteiger partial charge is 0.497 e. The molecule has 1 heterocycles. The van der Waals surface area contributed by atoms with Crippen LogP contribution in [0.15, 0.2) is 24.3 Å². The lowest BCUT2D eigenvalue weighted by Crippen LogP contribution is -2.44. The molecule has 1 aliphatic heterocycles. The number of rotatable bonds is 7. The van der Waals surface area contributed by atoms with Gasteiger partial charge in [-0.05, 0) is 12.1 Å². The van der Waals surface area contributed by atoms with Gasteiger partial charge in [-0.2, -0.15) is 0 Å². The molecule has 0 radical (unpaired) electrons. The summed E-state index contributed by atoms with van der Waals surface area (Å²) < 4.78 is 10.5. The number of ether oxygens (including phenoxy) is 2. The van der Waals surface area contributed by atoms with Crippen LogP contribution < -0.4 is 15.0 Å². The molecule has 1 aliphatic rings. The molecule has 24 heavy (non-hydrogen) atoms. The molecule has 0 aliphatic carbocycles. The number of nitrogens with zero attached hydrogens (tertiary/aromatic N) is 2. The van der Waals surface area contributed by atoms with Crippen molar-refractivity contribution in [3.8, 4) is 5.75 Å². The van der Waals surface area contributed by atoms with Crippen LogP contribution in [-0.2, 0) is 14.3 Å². The fraction of sp³-hybridized carbons (Fsp3) is 0.529. The van der Waals surface area contributed by atoms with Gasteiger partial charge in [0, 0.05) is 44.9 Å². The van der Waals surface area contributed by atoms with E-state index < -0.39 is 0 Å². The number of carbonyl (C=O) groups is 2. The fourth-order valence-electron chi connectivity index (χ4n) is 2.54. The maximum Gasteiger partial charge on any atom is 0.240 e. The molecule has 2 amide bonds. The number of hydrogen-bond donors (Lipinski definition) is 1. The van der Waals surface area contributed by atoms with Crippen LogP contribution in [0.4, 0.5) is 5.69 Å². The molecule has 2 rings (SSSR count). The number of hydrogen-bond acceptors (Lipinski definition) is 5. The molecule has 1 aromatic carbocycles. The van der Waals surface area contributed by atoms with Gasteiger partial charge in [-0.15, -0.1) is 0 Å². The van der Waals surface area contributed by atoms with Crippen molar-refractivity contribution in [2.24, 2.45) is 0 Å². The summed E-state index contributed by atoms with van der Waals surface area (Å²) in [6, 6.07) is 7.11. The van der Waals surface area contributed by atoms with E-state index >= 15 is 0 Å². The van der Waals surface area contributed by atoms with E-state index in [2.05, 4.69) is 10.2 Å². The molecule has 0 atom stereocenters. The Balaban J connectivity index is 1.85. The van der Waals surface area contributed by atoms with Gasteiger partial charge in [0.25, 0.3) is 0 Å². The minimum Gasteiger partial charge on any atom is -0.497 e. The Kier molecular flexibility index (Phi) is 7.02. The summed E-state index contributed by atoms with van der Waals surface area (Å²) in [4.78, 5) is 27.7. The normalized spacial score (nSPS) is 14.9. The third-order valence-corrected chi connectivity index (χ3v) is 3.90. The van der Waals surface area contributed by atoms with Gasteiger partial charge in [-0.1, -0.05) is 6.07 Å². The Morgan fingerprint density at radius 3 is 2.75 bits per heavy atom. The van der Waals surface area contributed by atoms with E-state index in [1.54, 1.807) is 31.4 Å². The van der Waals surface area contributed by atoms with Gasteiger partial charge in [0.2, 0.25) is 11.8 Å². The van der Waals surface area contributed by atoms with Gasteiger partial charge in [0.15, 0.2) is 0 Å². The van der Waals surface area contributed by atoms with E-state index in [-0.39, 0.29) is 18.4 Å². The summed E-state index contributed by atoms with van der Waals surface area (Å²) >= 11 is 0. The zero-order chi connectivity index (χ0) is 17.4. The highest BCUT2D eigenvalue weighted by atomic mass is 16.5. The van der Waals surface area contributed by atoms with Crippen LogP contribution in [0.3, 0.4) is 0 Å². The first-order valence-corrected chi connectivity index (χ1v) is 8.09. The Hall–Kier alpha value is -2.12. The molecular weight excluding hydrogens is 310 g/mol. The van der Waals surface area contributed by atoms with Gasteiger partial charge in [0.1, 0.15) is 12.3 Å². The first kappa shape index (κ1) is 18.2. The van der Waals surface area contributed by atoms with E-state index in [1.165, 1.54) is 11.8 Å². The molecule has 0 unspecified atom stereocenters. The van der Waals surface area contributed by atoms with E-state index in [0.29, 0.717) is 18.0 Å². The van der Waals surface area contributed by atoms with Gasteiger partial charge >= 0.3 is 0 Å². The predicted octanol–water partition coefficient (Wildman–Crippen LogP) is 0.497. The SMILES string of the molecule is COc1cccc(N(CC(=O)NCCN2CCOCC2)C(C)=O)c1. The van der Waals surface area contributed by atoms with Crippen LogP contribution in [-0.4, -0.2) is 69.8 Å². The number of methoxy groups -OCH3 is 1. The summed E-state index contributed by atoms with van der Waals surface area (Å²) in [5.74, 6) is 0.277. The maximum absolute atomic E-state index is 12.1. The van der Waals surface area contributed by atoms with Crippen molar-refractivity contribution < 1.29 is 19.1 Å². The highest BCUT2D eigenvalue weighted by molar-refractivity contribution is 5.97. The summed E-state index contributed by atoms with van der Waals surface area (Å²) in [6.45, 7) is 6.03. The topological polar surface area (TPSA) is 71.1 Å². The van der Waals surface area contributed by atoms with E-state index in [9.17, 15) is 9.59 Å². The van der Waals surface area contributed by atoms with Crippen molar-refractivity contribution in [2.75, 3.05) is 57.9 Å². The van der Waals surface area contributed by atoms with Crippen LogP contribution >= 0.6 is 0 Å². The quantitative estimate of drug-likeness (QED) is 0.786. The molecule has 0 spiro atoms. The summed E-state index contributed by atoms with van der Waals surface area (Å²) in [6.07, 6.45) is 0. The lowest BCUT2D eigenvalue weighted by atomic mass is 10.2. The molecular formula is C17H25N3O4. The smallest absolute Gasteiger partial charge is 0.240 e. The van der Waals surface area contributed by atoms with Crippen LogP contribution in [0.1, 0.15) is 6.92 Å².